The van der Waals surface area contributed by atoms with Crippen molar-refractivity contribution in [2.45, 2.75) is 6.54 Å². The van der Waals surface area contributed by atoms with E-state index in [-0.39, 0.29) is 5.91 Å². The quantitative estimate of drug-likeness (QED) is 0.843. The number of nitrogens with zero attached hydrogens (tertiary/aromatic N) is 3. The molecule has 6 nitrogen and oxygen atoms in total. The lowest BCUT2D eigenvalue weighted by molar-refractivity contribution is 0.0948. The Balaban J connectivity index is 1.91. The van der Waals surface area contributed by atoms with Gasteiger partial charge in [-0.3, -0.25) is 4.79 Å². The maximum atomic E-state index is 11.9. The van der Waals surface area contributed by atoms with Crippen molar-refractivity contribution in [3.63, 3.8) is 0 Å². The predicted molar refractivity (Wildman–Crippen MR) is 65.3 cm³/mol. The molecule has 0 aliphatic carbocycles. The minimum atomic E-state index is -0.194. The molecular weight excluding hydrogens is 232 g/mol. The molecule has 1 amide bonds. The monoisotopic (exact) mass is 246 g/mol. The van der Waals surface area contributed by atoms with Gasteiger partial charge in [0.05, 0.1) is 13.4 Å². The molecule has 2 rings (SSSR count). The minimum absolute atomic E-state index is 0.194. The largest absolute Gasteiger partial charge is 0.480 e. The SMILES string of the molecule is COc1ncccc1C(=O)NCCn1ccnc1. The smallest absolute Gasteiger partial charge is 0.256 e. The molecule has 0 saturated carbocycles. The van der Waals surface area contributed by atoms with Gasteiger partial charge < -0.3 is 14.6 Å². The first-order valence-electron chi connectivity index (χ1n) is 5.54. The lowest BCUT2D eigenvalue weighted by atomic mass is 10.2. The topological polar surface area (TPSA) is 69.0 Å². The van der Waals surface area contributed by atoms with E-state index in [1.807, 2.05) is 10.8 Å². The second-order valence-corrected chi connectivity index (χ2v) is 3.62. The van der Waals surface area contributed by atoms with Crippen molar-refractivity contribution < 1.29 is 9.53 Å². The van der Waals surface area contributed by atoms with E-state index in [0.717, 1.165) is 0 Å². The van der Waals surface area contributed by atoms with E-state index in [0.29, 0.717) is 24.5 Å². The van der Waals surface area contributed by atoms with Crippen LogP contribution in [0.4, 0.5) is 0 Å². The number of hydrogen-bond acceptors (Lipinski definition) is 4. The highest BCUT2D eigenvalue weighted by Gasteiger charge is 2.11. The Morgan fingerprint density at radius 2 is 2.39 bits per heavy atom. The molecule has 18 heavy (non-hydrogen) atoms. The molecule has 0 atom stereocenters. The maximum absolute atomic E-state index is 11.9. The summed E-state index contributed by atoms with van der Waals surface area (Å²) in [6.07, 6.45) is 6.83. The van der Waals surface area contributed by atoms with Gasteiger partial charge in [-0.05, 0) is 12.1 Å². The van der Waals surface area contributed by atoms with E-state index in [1.165, 1.54) is 7.11 Å². The lowest BCUT2D eigenvalue weighted by Crippen LogP contribution is -2.27. The minimum Gasteiger partial charge on any atom is -0.480 e. The molecule has 0 unspecified atom stereocenters. The first-order valence-corrected chi connectivity index (χ1v) is 5.54. The third-order valence-electron chi connectivity index (χ3n) is 2.42. The molecule has 94 valence electrons. The van der Waals surface area contributed by atoms with Crippen molar-refractivity contribution in [1.82, 2.24) is 19.9 Å². The number of rotatable bonds is 5. The van der Waals surface area contributed by atoms with E-state index in [9.17, 15) is 4.79 Å². The highest BCUT2D eigenvalue weighted by molar-refractivity contribution is 5.96. The van der Waals surface area contributed by atoms with Gasteiger partial charge in [0.2, 0.25) is 5.88 Å². The third kappa shape index (κ3) is 2.85. The van der Waals surface area contributed by atoms with Crippen molar-refractivity contribution in [3.05, 3.63) is 42.6 Å². The Labute approximate surface area is 105 Å². The number of methoxy groups -OCH3 is 1. The second-order valence-electron chi connectivity index (χ2n) is 3.62. The van der Waals surface area contributed by atoms with Crippen LogP contribution in [0.1, 0.15) is 10.4 Å². The highest BCUT2D eigenvalue weighted by Crippen LogP contribution is 2.12. The summed E-state index contributed by atoms with van der Waals surface area (Å²) in [5.41, 5.74) is 0.436. The molecule has 0 aliphatic heterocycles. The fourth-order valence-corrected chi connectivity index (χ4v) is 1.54. The van der Waals surface area contributed by atoms with E-state index in [1.54, 1.807) is 30.9 Å². The maximum Gasteiger partial charge on any atom is 0.256 e. The summed E-state index contributed by atoms with van der Waals surface area (Å²) in [5.74, 6) is 0.137. The van der Waals surface area contributed by atoms with Crippen molar-refractivity contribution >= 4 is 5.91 Å². The van der Waals surface area contributed by atoms with Crippen LogP contribution < -0.4 is 10.1 Å². The second kappa shape index (κ2) is 5.81. The van der Waals surface area contributed by atoms with Crippen LogP contribution in [0.2, 0.25) is 0 Å². The summed E-state index contributed by atoms with van der Waals surface area (Å²) >= 11 is 0. The Bertz CT molecular complexity index is 511. The third-order valence-corrected chi connectivity index (χ3v) is 2.42. The fourth-order valence-electron chi connectivity index (χ4n) is 1.54. The van der Waals surface area contributed by atoms with Gasteiger partial charge in [-0.1, -0.05) is 0 Å². The Kier molecular flexibility index (Phi) is 3.90. The zero-order chi connectivity index (χ0) is 12.8. The zero-order valence-electron chi connectivity index (χ0n) is 10.0. The molecule has 2 heterocycles. The number of carbonyl (C=O) groups is 1. The normalized spacial score (nSPS) is 10.1. The number of carbonyl (C=O) groups excluding carboxylic acids is 1. The summed E-state index contributed by atoms with van der Waals surface area (Å²) in [7, 11) is 1.49. The van der Waals surface area contributed by atoms with Gasteiger partial charge in [-0.25, -0.2) is 9.97 Å². The molecule has 6 heteroatoms. The molecule has 2 aromatic heterocycles. The van der Waals surface area contributed by atoms with Crippen LogP contribution in [-0.2, 0) is 6.54 Å². The average Bonchev–Trinajstić information content (AvgIpc) is 2.91. The van der Waals surface area contributed by atoms with Crippen molar-refractivity contribution in [2.24, 2.45) is 0 Å². The number of aromatic nitrogens is 3. The molecule has 0 bridgehead atoms. The molecule has 0 spiro atoms. The van der Waals surface area contributed by atoms with Crippen molar-refractivity contribution in [2.75, 3.05) is 13.7 Å². The van der Waals surface area contributed by atoms with E-state index >= 15 is 0 Å². The Hall–Kier alpha value is -2.37. The van der Waals surface area contributed by atoms with Crippen LogP contribution in [0.15, 0.2) is 37.1 Å². The van der Waals surface area contributed by atoms with Crippen LogP contribution >= 0.6 is 0 Å². The number of ether oxygens (including phenoxy) is 1. The van der Waals surface area contributed by atoms with Crippen LogP contribution in [0.5, 0.6) is 5.88 Å². The summed E-state index contributed by atoms with van der Waals surface area (Å²) in [4.78, 5) is 19.8. The van der Waals surface area contributed by atoms with Gasteiger partial charge >= 0.3 is 0 Å². The van der Waals surface area contributed by atoms with E-state index in [2.05, 4.69) is 15.3 Å². The van der Waals surface area contributed by atoms with Gasteiger partial charge in [0.25, 0.3) is 5.91 Å². The zero-order valence-corrected chi connectivity index (χ0v) is 10.0. The Morgan fingerprint density at radius 1 is 1.50 bits per heavy atom. The molecule has 0 radical (unpaired) electrons. The van der Waals surface area contributed by atoms with Crippen LogP contribution in [0.25, 0.3) is 0 Å². The fraction of sp³-hybridized carbons (Fsp3) is 0.250. The van der Waals surface area contributed by atoms with Crippen LogP contribution in [0, 0.1) is 0 Å². The van der Waals surface area contributed by atoms with Crippen molar-refractivity contribution in [3.8, 4) is 5.88 Å². The van der Waals surface area contributed by atoms with Crippen molar-refractivity contribution in [1.29, 1.82) is 0 Å². The summed E-state index contributed by atoms with van der Waals surface area (Å²) in [6.45, 7) is 1.20. The number of imidazole rings is 1. The standard InChI is InChI=1S/C12H14N4O2/c1-18-12-10(3-2-4-15-12)11(17)14-6-8-16-7-5-13-9-16/h2-5,7,9H,6,8H2,1H3,(H,14,17). The van der Waals surface area contributed by atoms with Gasteiger partial charge in [0, 0.05) is 31.7 Å². The van der Waals surface area contributed by atoms with Gasteiger partial charge in [0.15, 0.2) is 0 Å². The predicted octanol–water partition coefficient (Wildman–Crippen LogP) is 0.717. The molecule has 2 aromatic rings. The molecule has 0 fully saturated rings. The highest BCUT2D eigenvalue weighted by atomic mass is 16.5. The Morgan fingerprint density at radius 3 is 3.11 bits per heavy atom. The molecule has 0 saturated heterocycles. The molecule has 0 aliphatic rings. The summed E-state index contributed by atoms with van der Waals surface area (Å²) in [6, 6.07) is 3.38. The van der Waals surface area contributed by atoms with Gasteiger partial charge in [-0.2, -0.15) is 0 Å². The number of hydrogen-bond donors (Lipinski definition) is 1. The number of nitrogens with one attached hydrogen (secondary N) is 1. The van der Waals surface area contributed by atoms with E-state index < -0.39 is 0 Å². The summed E-state index contributed by atoms with van der Waals surface area (Å²) in [5, 5.41) is 2.80. The molecular formula is C12H14N4O2. The molecule has 0 aromatic carbocycles. The van der Waals surface area contributed by atoms with Gasteiger partial charge in [-0.15, -0.1) is 0 Å². The van der Waals surface area contributed by atoms with Gasteiger partial charge in [0.1, 0.15) is 5.56 Å². The van der Waals surface area contributed by atoms with Crippen LogP contribution in [0.3, 0.4) is 0 Å². The number of pyridine rings is 1. The van der Waals surface area contributed by atoms with E-state index in [4.69, 9.17) is 4.74 Å². The lowest BCUT2D eigenvalue weighted by Gasteiger charge is -2.08. The summed E-state index contributed by atoms with van der Waals surface area (Å²) < 4.78 is 6.92. The van der Waals surface area contributed by atoms with Crippen LogP contribution in [-0.4, -0.2) is 34.1 Å². The first-order chi connectivity index (χ1) is 8.81. The molecule has 1 N–H and O–H groups in total. The average molecular weight is 246 g/mol. The first kappa shape index (κ1) is 12.1. The number of amides is 1.